The molecule has 2 amide bonds. The number of carbonyl (C=O) groups excluding carboxylic acids is 2. The topological polar surface area (TPSA) is 62.3 Å². The second-order valence-electron chi connectivity index (χ2n) is 8.47. The molecule has 1 saturated heterocycles. The molecule has 4 aromatic rings. The van der Waals surface area contributed by atoms with E-state index in [1.165, 1.54) is 0 Å². The van der Waals surface area contributed by atoms with E-state index in [1.54, 1.807) is 0 Å². The normalized spacial score (nSPS) is 14.2. The summed E-state index contributed by atoms with van der Waals surface area (Å²) < 4.78 is 0. The Hall–Kier alpha value is -3.70. The number of rotatable bonds is 4. The lowest BCUT2D eigenvalue weighted by Gasteiger charge is -2.31. The van der Waals surface area contributed by atoms with E-state index >= 15 is 0 Å². The van der Waals surface area contributed by atoms with E-state index in [9.17, 15) is 9.59 Å². The monoisotopic (exact) mass is 469 g/mol. The number of pyridine rings is 1. The van der Waals surface area contributed by atoms with Gasteiger partial charge in [-0.25, -0.2) is 4.98 Å². The van der Waals surface area contributed by atoms with Crippen LogP contribution >= 0.6 is 11.6 Å². The highest BCUT2D eigenvalue weighted by atomic mass is 35.5. The van der Waals surface area contributed by atoms with E-state index in [0.717, 1.165) is 22.2 Å². The van der Waals surface area contributed by atoms with Gasteiger partial charge in [-0.2, -0.15) is 0 Å². The molecule has 0 spiro atoms. The Morgan fingerprint density at radius 1 is 0.882 bits per heavy atom. The van der Waals surface area contributed by atoms with Gasteiger partial charge in [0.05, 0.1) is 16.8 Å². The lowest BCUT2D eigenvalue weighted by Crippen LogP contribution is -2.41. The summed E-state index contributed by atoms with van der Waals surface area (Å²) in [5, 5.41) is 4.38. The zero-order valence-electron chi connectivity index (χ0n) is 18.6. The predicted octanol–water partition coefficient (Wildman–Crippen LogP) is 6.05. The van der Waals surface area contributed by atoms with Gasteiger partial charge >= 0.3 is 0 Å². The van der Waals surface area contributed by atoms with Crippen LogP contribution < -0.4 is 5.32 Å². The van der Waals surface area contributed by atoms with Crippen molar-refractivity contribution in [1.29, 1.82) is 0 Å². The van der Waals surface area contributed by atoms with Crippen LogP contribution in [0.5, 0.6) is 0 Å². The van der Waals surface area contributed by atoms with Crippen LogP contribution in [0.4, 0.5) is 5.69 Å². The minimum Gasteiger partial charge on any atom is -0.339 e. The SMILES string of the molecule is O=C(Nc1ccccc1)C1CCN(C(=O)c2cc(-c3ccccc3Cl)nc3ccccc23)CC1. The van der Waals surface area contributed by atoms with Gasteiger partial charge in [-0.15, -0.1) is 0 Å². The van der Waals surface area contributed by atoms with Crippen molar-refractivity contribution in [2.75, 3.05) is 18.4 Å². The fraction of sp³-hybridized carbons (Fsp3) is 0.179. The number of hydrogen-bond donors (Lipinski definition) is 1. The largest absolute Gasteiger partial charge is 0.339 e. The van der Waals surface area contributed by atoms with Gasteiger partial charge in [0.2, 0.25) is 5.91 Å². The lowest BCUT2D eigenvalue weighted by molar-refractivity contribution is -0.121. The van der Waals surface area contributed by atoms with E-state index in [-0.39, 0.29) is 17.7 Å². The fourth-order valence-corrected chi connectivity index (χ4v) is 4.67. The highest BCUT2D eigenvalue weighted by Crippen LogP contribution is 2.31. The van der Waals surface area contributed by atoms with Gasteiger partial charge in [-0.1, -0.05) is 66.2 Å². The minimum absolute atomic E-state index is 0.00802. The third kappa shape index (κ3) is 4.52. The maximum atomic E-state index is 13.6. The van der Waals surface area contributed by atoms with Crippen molar-refractivity contribution in [3.05, 3.63) is 95.5 Å². The summed E-state index contributed by atoms with van der Waals surface area (Å²) in [6.07, 6.45) is 1.26. The molecule has 6 heteroatoms. The first-order valence-electron chi connectivity index (χ1n) is 11.4. The summed E-state index contributed by atoms with van der Waals surface area (Å²) in [4.78, 5) is 32.9. The van der Waals surface area contributed by atoms with Gasteiger partial charge in [-0.3, -0.25) is 9.59 Å². The molecule has 170 valence electrons. The highest BCUT2D eigenvalue weighted by Gasteiger charge is 2.29. The van der Waals surface area contributed by atoms with Crippen molar-refractivity contribution in [1.82, 2.24) is 9.88 Å². The zero-order chi connectivity index (χ0) is 23.5. The number of halogens is 1. The van der Waals surface area contributed by atoms with Crippen LogP contribution in [0.15, 0.2) is 84.9 Å². The van der Waals surface area contributed by atoms with Crippen LogP contribution in [0.3, 0.4) is 0 Å². The smallest absolute Gasteiger partial charge is 0.254 e. The van der Waals surface area contributed by atoms with Crippen molar-refractivity contribution < 1.29 is 9.59 Å². The number of aromatic nitrogens is 1. The Labute approximate surface area is 203 Å². The fourth-order valence-electron chi connectivity index (χ4n) is 4.44. The van der Waals surface area contributed by atoms with E-state index in [2.05, 4.69) is 5.32 Å². The standard InChI is InChI=1S/C28H24ClN3O2/c29-24-12-6-4-11-22(24)26-18-23(21-10-5-7-13-25(21)31-26)28(34)32-16-14-19(15-17-32)27(33)30-20-8-2-1-3-9-20/h1-13,18-19H,14-17H2,(H,30,33). The number of likely N-dealkylation sites (tertiary alicyclic amines) is 1. The van der Waals surface area contributed by atoms with Crippen molar-refractivity contribution in [3.63, 3.8) is 0 Å². The first-order chi connectivity index (χ1) is 16.6. The van der Waals surface area contributed by atoms with Gasteiger partial charge in [-0.05, 0) is 43.2 Å². The summed E-state index contributed by atoms with van der Waals surface area (Å²) in [6, 6.07) is 26.5. The van der Waals surface area contributed by atoms with E-state index in [1.807, 2.05) is 89.8 Å². The summed E-state index contributed by atoms with van der Waals surface area (Å²) in [6.45, 7) is 1.06. The van der Waals surface area contributed by atoms with Crippen LogP contribution in [0.25, 0.3) is 22.2 Å². The van der Waals surface area contributed by atoms with Crippen LogP contribution in [-0.4, -0.2) is 34.8 Å². The quantitative estimate of drug-likeness (QED) is 0.396. The minimum atomic E-state index is -0.114. The van der Waals surface area contributed by atoms with Crippen molar-refractivity contribution in [2.24, 2.45) is 5.92 Å². The highest BCUT2D eigenvalue weighted by molar-refractivity contribution is 6.33. The van der Waals surface area contributed by atoms with Gasteiger partial charge < -0.3 is 10.2 Å². The molecule has 1 aromatic heterocycles. The van der Waals surface area contributed by atoms with E-state index in [4.69, 9.17) is 16.6 Å². The zero-order valence-corrected chi connectivity index (χ0v) is 19.3. The summed E-state index contributed by atoms with van der Waals surface area (Å²) in [5.74, 6) is -0.153. The number of benzene rings is 3. The molecule has 0 atom stereocenters. The van der Waals surface area contributed by atoms with Crippen molar-refractivity contribution in [2.45, 2.75) is 12.8 Å². The molecular formula is C28H24ClN3O2. The molecule has 0 aliphatic carbocycles. The maximum absolute atomic E-state index is 13.6. The number of nitrogens with zero attached hydrogens (tertiary/aromatic N) is 2. The molecule has 0 bridgehead atoms. The Balaban J connectivity index is 1.37. The van der Waals surface area contributed by atoms with Gasteiger partial charge in [0, 0.05) is 40.7 Å². The Kier molecular flexibility index (Phi) is 6.28. The van der Waals surface area contributed by atoms with E-state index < -0.39 is 0 Å². The third-order valence-corrected chi connectivity index (χ3v) is 6.62. The lowest BCUT2D eigenvalue weighted by atomic mass is 9.94. The molecule has 3 aromatic carbocycles. The molecule has 0 saturated carbocycles. The summed E-state index contributed by atoms with van der Waals surface area (Å²) >= 11 is 6.42. The van der Waals surface area contributed by atoms with Crippen molar-refractivity contribution in [3.8, 4) is 11.3 Å². The second-order valence-corrected chi connectivity index (χ2v) is 8.88. The molecule has 0 unspecified atom stereocenters. The first kappa shape index (κ1) is 22.1. The molecule has 2 heterocycles. The van der Waals surface area contributed by atoms with E-state index in [0.29, 0.717) is 42.2 Å². The molecule has 5 rings (SSSR count). The average molecular weight is 470 g/mol. The Morgan fingerprint density at radius 2 is 1.56 bits per heavy atom. The molecular weight excluding hydrogens is 446 g/mol. The van der Waals surface area contributed by atoms with Gasteiger partial charge in [0.25, 0.3) is 5.91 Å². The second kappa shape index (κ2) is 9.65. The Morgan fingerprint density at radius 3 is 2.32 bits per heavy atom. The number of nitrogens with one attached hydrogen (secondary N) is 1. The number of carbonyl (C=O) groups is 2. The molecule has 1 N–H and O–H groups in total. The van der Waals surface area contributed by atoms with Crippen LogP contribution in [-0.2, 0) is 4.79 Å². The number of fused-ring (bicyclic) bond motifs is 1. The van der Waals surface area contributed by atoms with Crippen LogP contribution in [0.1, 0.15) is 23.2 Å². The molecule has 1 aliphatic rings. The van der Waals surface area contributed by atoms with Gasteiger partial charge in [0.15, 0.2) is 0 Å². The number of piperidine rings is 1. The average Bonchev–Trinajstić information content (AvgIpc) is 2.88. The summed E-state index contributed by atoms with van der Waals surface area (Å²) in [7, 11) is 0. The number of amides is 2. The van der Waals surface area contributed by atoms with Crippen molar-refractivity contribution >= 4 is 40.0 Å². The molecule has 1 fully saturated rings. The summed E-state index contributed by atoms with van der Waals surface area (Å²) in [5.41, 5.74) is 3.61. The van der Waals surface area contributed by atoms with Crippen LogP contribution in [0, 0.1) is 5.92 Å². The van der Waals surface area contributed by atoms with Crippen LogP contribution in [0.2, 0.25) is 5.02 Å². The number of anilines is 1. The molecule has 5 nitrogen and oxygen atoms in total. The number of para-hydroxylation sites is 2. The Bertz CT molecular complexity index is 1350. The number of hydrogen-bond acceptors (Lipinski definition) is 3. The molecule has 0 radical (unpaired) electrons. The molecule has 34 heavy (non-hydrogen) atoms. The first-order valence-corrected chi connectivity index (χ1v) is 11.8. The maximum Gasteiger partial charge on any atom is 0.254 e. The third-order valence-electron chi connectivity index (χ3n) is 6.29. The molecule has 1 aliphatic heterocycles. The predicted molar refractivity (Wildman–Crippen MR) is 136 cm³/mol. The van der Waals surface area contributed by atoms with Gasteiger partial charge in [0.1, 0.15) is 0 Å².